The molecule has 0 radical (unpaired) electrons. The van der Waals surface area contributed by atoms with E-state index >= 15 is 0 Å². The lowest BCUT2D eigenvalue weighted by Gasteiger charge is -2.26. The Hall–Kier alpha value is -2.65. The molecule has 0 bridgehead atoms. The first-order valence-electron chi connectivity index (χ1n) is 8.64. The van der Waals surface area contributed by atoms with Crippen LogP contribution in [0.3, 0.4) is 0 Å². The minimum Gasteiger partial charge on any atom is -0.489 e. The first kappa shape index (κ1) is 18.2. The molecule has 0 saturated heterocycles. The summed E-state index contributed by atoms with van der Waals surface area (Å²) in [6, 6.07) is 26.7. The third-order valence-corrected chi connectivity index (χ3v) is 4.95. The van der Waals surface area contributed by atoms with Gasteiger partial charge in [0.1, 0.15) is 17.3 Å². The van der Waals surface area contributed by atoms with E-state index in [0.29, 0.717) is 11.6 Å². The molecule has 0 heterocycles. The summed E-state index contributed by atoms with van der Waals surface area (Å²) in [6.07, 6.45) is 0. The molecule has 0 aliphatic heterocycles. The molecule has 0 aromatic heterocycles. The van der Waals surface area contributed by atoms with Crippen LogP contribution in [0.4, 0.5) is 0 Å². The van der Waals surface area contributed by atoms with Gasteiger partial charge >= 0.3 is 0 Å². The summed E-state index contributed by atoms with van der Waals surface area (Å²) in [5.74, 6) is 0.857. The Bertz CT molecular complexity index is 868. The number of thiocarbonyl (C=S) groups is 1. The molecule has 0 unspecified atom stereocenters. The first-order chi connectivity index (χ1) is 12.5. The van der Waals surface area contributed by atoms with Gasteiger partial charge in [0.25, 0.3) is 0 Å². The van der Waals surface area contributed by atoms with E-state index in [1.54, 1.807) is 0 Å². The van der Waals surface area contributed by atoms with E-state index in [-0.39, 0.29) is 5.41 Å². The largest absolute Gasteiger partial charge is 0.489 e. The normalized spacial score (nSPS) is 11.2. The quantitative estimate of drug-likeness (QED) is 0.611. The molecule has 0 saturated carbocycles. The van der Waals surface area contributed by atoms with E-state index in [1.165, 1.54) is 11.1 Å². The van der Waals surface area contributed by atoms with Crippen LogP contribution < -0.4 is 10.5 Å². The van der Waals surface area contributed by atoms with Gasteiger partial charge in [0.15, 0.2) is 0 Å². The lowest BCUT2D eigenvalue weighted by molar-refractivity contribution is 0.306. The Balaban J connectivity index is 1.67. The molecule has 0 spiro atoms. The van der Waals surface area contributed by atoms with Crippen molar-refractivity contribution in [2.45, 2.75) is 25.9 Å². The molecule has 0 amide bonds. The Morgan fingerprint density at radius 1 is 0.846 bits per heavy atom. The van der Waals surface area contributed by atoms with Crippen molar-refractivity contribution in [3.8, 4) is 5.75 Å². The van der Waals surface area contributed by atoms with Crippen LogP contribution in [0.25, 0.3) is 0 Å². The number of ether oxygens (including phenoxy) is 1. The van der Waals surface area contributed by atoms with Crippen molar-refractivity contribution in [2.24, 2.45) is 5.73 Å². The van der Waals surface area contributed by atoms with Crippen molar-refractivity contribution in [1.29, 1.82) is 0 Å². The molecule has 0 fully saturated rings. The molecular formula is C23H23NOS. The summed E-state index contributed by atoms with van der Waals surface area (Å²) in [7, 11) is 0. The summed E-state index contributed by atoms with van der Waals surface area (Å²) < 4.78 is 5.90. The molecule has 132 valence electrons. The minimum atomic E-state index is -0.0454. The van der Waals surface area contributed by atoms with Crippen molar-refractivity contribution < 1.29 is 4.74 Å². The van der Waals surface area contributed by atoms with Crippen LogP contribution in [0.5, 0.6) is 5.75 Å². The number of benzene rings is 3. The minimum absolute atomic E-state index is 0.0454. The fourth-order valence-electron chi connectivity index (χ4n) is 2.92. The number of rotatable bonds is 6. The second-order valence-corrected chi connectivity index (χ2v) is 7.31. The third-order valence-electron chi connectivity index (χ3n) is 4.72. The predicted molar refractivity (Wildman–Crippen MR) is 112 cm³/mol. The fourth-order valence-corrected chi connectivity index (χ4v) is 3.06. The van der Waals surface area contributed by atoms with Crippen LogP contribution in [0, 0.1) is 0 Å². The van der Waals surface area contributed by atoms with Crippen LogP contribution in [-0.2, 0) is 12.0 Å². The molecule has 26 heavy (non-hydrogen) atoms. The molecule has 2 N–H and O–H groups in total. The van der Waals surface area contributed by atoms with Crippen molar-refractivity contribution in [3.05, 3.63) is 101 Å². The number of hydrogen-bond acceptors (Lipinski definition) is 2. The van der Waals surface area contributed by atoms with Gasteiger partial charge in [-0.2, -0.15) is 0 Å². The Labute approximate surface area is 160 Å². The van der Waals surface area contributed by atoms with Crippen molar-refractivity contribution in [1.82, 2.24) is 0 Å². The Morgan fingerprint density at radius 3 is 2.00 bits per heavy atom. The summed E-state index contributed by atoms with van der Waals surface area (Å²) in [5, 5.41) is 0. The maximum atomic E-state index is 5.90. The monoisotopic (exact) mass is 361 g/mol. The Morgan fingerprint density at radius 2 is 1.42 bits per heavy atom. The standard InChI is InChI=1S/C23H23NOS/c1-23(2,19-6-4-3-5-7-19)20-12-14-21(15-13-20)25-16-17-8-10-18(11-9-17)22(24)26/h3-15H,16H2,1-2H3,(H2,24,26). The maximum Gasteiger partial charge on any atom is 0.119 e. The number of hydrogen-bond donors (Lipinski definition) is 1. The van der Waals surface area contributed by atoms with Gasteiger partial charge in [-0.05, 0) is 28.8 Å². The third kappa shape index (κ3) is 4.12. The molecule has 3 rings (SSSR count). The summed E-state index contributed by atoms with van der Waals surface area (Å²) >= 11 is 4.97. The first-order valence-corrected chi connectivity index (χ1v) is 9.05. The van der Waals surface area contributed by atoms with E-state index in [2.05, 4.69) is 50.2 Å². The molecule has 3 heteroatoms. The summed E-state index contributed by atoms with van der Waals surface area (Å²) in [5.41, 5.74) is 10.1. The summed E-state index contributed by atoms with van der Waals surface area (Å²) in [4.78, 5) is 0.411. The SMILES string of the molecule is CC(C)(c1ccccc1)c1ccc(OCc2ccc(C(N)=S)cc2)cc1. The van der Waals surface area contributed by atoms with Gasteiger partial charge in [-0.25, -0.2) is 0 Å². The topological polar surface area (TPSA) is 35.2 Å². The van der Waals surface area contributed by atoms with E-state index in [0.717, 1.165) is 16.9 Å². The molecule has 3 aromatic carbocycles. The van der Waals surface area contributed by atoms with E-state index in [9.17, 15) is 0 Å². The fraction of sp³-hybridized carbons (Fsp3) is 0.174. The predicted octanol–water partition coefficient (Wildman–Crippen LogP) is 5.23. The van der Waals surface area contributed by atoms with E-state index < -0.39 is 0 Å². The lowest BCUT2D eigenvalue weighted by atomic mass is 9.78. The van der Waals surface area contributed by atoms with E-state index in [4.69, 9.17) is 22.7 Å². The van der Waals surface area contributed by atoms with Crippen LogP contribution in [0.2, 0.25) is 0 Å². The van der Waals surface area contributed by atoms with Crippen molar-refractivity contribution in [2.75, 3.05) is 0 Å². The average Bonchev–Trinajstić information content (AvgIpc) is 2.67. The molecule has 2 nitrogen and oxygen atoms in total. The average molecular weight is 362 g/mol. The van der Waals surface area contributed by atoms with Crippen LogP contribution in [0.15, 0.2) is 78.9 Å². The van der Waals surface area contributed by atoms with Gasteiger partial charge in [-0.15, -0.1) is 0 Å². The molecule has 0 aliphatic carbocycles. The molecule has 0 atom stereocenters. The Kier molecular flexibility index (Phi) is 5.38. The smallest absolute Gasteiger partial charge is 0.119 e. The molecular weight excluding hydrogens is 338 g/mol. The second kappa shape index (κ2) is 7.71. The maximum absolute atomic E-state index is 5.90. The van der Waals surface area contributed by atoms with Crippen LogP contribution in [-0.4, -0.2) is 4.99 Å². The van der Waals surface area contributed by atoms with Gasteiger partial charge < -0.3 is 10.5 Å². The molecule has 3 aromatic rings. The number of nitrogens with two attached hydrogens (primary N) is 1. The highest BCUT2D eigenvalue weighted by molar-refractivity contribution is 7.80. The van der Waals surface area contributed by atoms with E-state index in [1.807, 2.05) is 42.5 Å². The van der Waals surface area contributed by atoms with Gasteiger partial charge in [0.2, 0.25) is 0 Å². The van der Waals surface area contributed by atoms with Crippen molar-refractivity contribution >= 4 is 17.2 Å². The van der Waals surface area contributed by atoms with Gasteiger partial charge in [0, 0.05) is 11.0 Å². The van der Waals surface area contributed by atoms with Crippen LogP contribution >= 0.6 is 12.2 Å². The van der Waals surface area contributed by atoms with Gasteiger partial charge in [-0.3, -0.25) is 0 Å². The zero-order valence-electron chi connectivity index (χ0n) is 15.1. The van der Waals surface area contributed by atoms with Gasteiger partial charge in [0.05, 0.1) is 0 Å². The lowest BCUT2D eigenvalue weighted by Crippen LogP contribution is -2.18. The highest BCUT2D eigenvalue weighted by Gasteiger charge is 2.22. The highest BCUT2D eigenvalue weighted by atomic mass is 32.1. The second-order valence-electron chi connectivity index (χ2n) is 6.87. The highest BCUT2D eigenvalue weighted by Crippen LogP contribution is 2.32. The van der Waals surface area contributed by atoms with Gasteiger partial charge in [-0.1, -0.05) is 92.8 Å². The zero-order valence-corrected chi connectivity index (χ0v) is 15.9. The van der Waals surface area contributed by atoms with Crippen LogP contribution in [0.1, 0.15) is 36.1 Å². The van der Waals surface area contributed by atoms with Crippen molar-refractivity contribution in [3.63, 3.8) is 0 Å². The summed E-state index contributed by atoms with van der Waals surface area (Å²) in [6.45, 7) is 4.99. The molecule has 0 aliphatic rings. The zero-order chi connectivity index (χ0) is 18.6.